The van der Waals surface area contributed by atoms with Gasteiger partial charge >= 0.3 is 0 Å². The molecule has 2 heteroatoms. The summed E-state index contributed by atoms with van der Waals surface area (Å²) < 4.78 is 5.39. The van der Waals surface area contributed by atoms with Gasteiger partial charge in [-0.3, -0.25) is 0 Å². The molecule has 0 aromatic heterocycles. The molecule has 3 rings (SSSR count). The van der Waals surface area contributed by atoms with Crippen molar-refractivity contribution in [2.45, 2.75) is 39.3 Å². The lowest BCUT2D eigenvalue weighted by Crippen LogP contribution is -2.16. The van der Waals surface area contributed by atoms with Crippen LogP contribution in [0.4, 0.5) is 0 Å². The van der Waals surface area contributed by atoms with Crippen molar-refractivity contribution in [2.75, 3.05) is 7.11 Å². The molecule has 1 fully saturated rings. The van der Waals surface area contributed by atoms with E-state index in [1.165, 1.54) is 40.7 Å². The van der Waals surface area contributed by atoms with Crippen molar-refractivity contribution in [1.29, 1.82) is 0 Å². The molecule has 110 valence electrons. The summed E-state index contributed by atoms with van der Waals surface area (Å²) in [5, 5.41) is 3.61. The third-order valence-corrected chi connectivity index (χ3v) is 4.37. The lowest BCUT2D eigenvalue weighted by atomic mass is 9.93. The van der Waals surface area contributed by atoms with Gasteiger partial charge in [0.2, 0.25) is 0 Å². The molecule has 2 nitrogen and oxygen atoms in total. The van der Waals surface area contributed by atoms with Crippen molar-refractivity contribution in [1.82, 2.24) is 5.32 Å². The molecule has 0 bridgehead atoms. The number of hydrogen-bond acceptors (Lipinski definition) is 2. The molecule has 0 atom stereocenters. The SMILES string of the molecule is COc1ccc(-c2cccc(C)c2C)c(CNC2CC2)c1. The minimum Gasteiger partial charge on any atom is -0.497 e. The minimum absolute atomic E-state index is 0.711. The lowest BCUT2D eigenvalue weighted by Gasteiger charge is -2.15. The Morgan fingerprint density at radius 3 is 2.62 bits per heavy atom. The molecule has 0 radical (unpaired) electrons. The van der Waals surface area contributed by atoms with E-state index in [1.54, 1.807) is 7.11 Å². The summed E-state index contributed by atoms with van der Waals surface area (Å²) in [6, 6.07) is 13.6. The lowest BCUT2D eigenvalue weighted by molar-refractivity contribution is 0.414. The summed E-state index contributed by atoms with van der Waals surface area (Å²) in [4.78, 5) is 0. The van der Waals surface area contributed by atoms with Gasteiger partial charge < -0.3 is 10.1 Å². The molecule has 1 aliphatic carbocycles. The molecule has 0 unspecified atom stereocenters. The molecule has 21 heavy (non-hydrogen) atoms. The zero-order valence-corrected chi connectivity index (χ0v) is 13.1. The maximum absolute atomic E-state index is 5.39. The second-order valence-corrected chi connectivity index (χ2v) is 5.93. The summed E-state index contributed by atoms with van der Waals surface area (Å²) in [7, 11) is 1.73. The standard InChI is InChI=1S/C19H23NO/c1-13-5-4-6-18(14(13)2)19-10-9-17(21-3)11-15(19)12-20-16-7-8-16/h4-6,9-11,16,20H,7-8,12H2,1-3H3. The van der Waals surface area contributed by atoms with E-state index in [2.05, 4.69) is 55.6 Å². The molecule has 0 spiro atoms. The molecular formula is C19H23NO. The summed E-state index contributed by atoms with van der Waals surface area (Å²) in [6.45, 7) is 5.28. The topological polar surface area (TPSA) is 21.3 Å². The molecule has 1 N–H and O–H groups in total. The fraction of sp³-hybridized carbons (Fsp3) is 0.368. The molecule has 2 aromatic rings. The monoisotopic (exact) mass is 281 g/mol. The van der Waals surface area contributed by atoms with Crippen molar-refractivity contribution in [2.24, 2.45) is 0 Å². The highest BCUT2D eigenvalue weighted by atomic mass is 16.5. The predicted molar refractivity (Wildman–Crippen MR) is 87.8 cm³/mol. The van der Waals surface area contributed by atoms with E-state index in [-0.39, 0.29) is 0 Å². The van der Waals surface area contributed by atoms with Crippen LogP contribution in [0.25, 0.3) is 11.1 Å². The molecule has 1 aliphatic rings. The number of benzene rings is 2. The predicted octanol–water partition coefficient (Wildman–Crippen LogP) is 4.23. The molecular weight excluding hydrogens is 258 g/mol. The second kappa shape index (κ2) is 5.90. The molecule has 0 aliphatic heterocycles. The van der Waals surface area contributed by atoms with Crippen molar-refractivity contribution in [3.63, 3.8) is 0 Å². The van der Waals surface area contributed by atoms with E-state index in [4.69, 9.17) is 4.74 Å². The van der Waals surface area contributed by atoms with Gasteiger partial charge in [0, 0.05) is 12.6 Å². The first kappa shape index (κ1) is 14.2. The number of nitrogens with one attached hydrogen (secondary N) is 1. The highest BCUT2D eigenvalue weighted by molar-refractivity contribution is 5.72. The van der Waals surface area contributed by atoms with Gasteiger partial charge in [-0.1, -0.05) is 24.3 Å². The first-order valence-corrected chi connectivity index (χ1v) is 7.66. The highest BCUT2D eigenvalue weighted by Crippen LogP contribution is 2.31. The van der Waals surface area contributed by atoms with Crippen LogP contribution in [0.5, 0.6) is 5.75 Å². The number of rotatable bonds is 5. The van der Waals surface area contributed by atoms with Crippen LogP contribution in [0.15, 0.2) is 36.4 Å². The van der Waals surface area contributed by atoms with Crippen LogP contribution in [0.3, 0.4) is 0 Å². The maximum atomic E-state index is 5.39. The molecule has 0 heterocycles. The summed E-state index contributed by atoms with van der Waals surface area (Å²) in [6.07, 6.45) is 2.62. The summed E-state index contributed by atoms with van der Waals surface area (Å²) in [5.41, 5.74) is 6.64. The molecule has 0 amide bonds. The van der Waals surface area contributed by atoms with Crippen molar-refractivity contribution >= 4 is 0 Å². The number of ether oxygens (including phenoxy) is 1. The summed E-state index contributed by atoms with van der Waals surface area (Å²) in [5.74, 6) is 0.927. The van der Waals surface area contributed by atoms with E-state index >= 15 is 0 Å². The minimum atomic E-state index is 0.711. The Bertz CT molecular complexity index is 644. The third-order valence-electron chi connectivity index (χ3n) is 4.37. The van der Waals surface area contributed by atoms with Gasteiger partial charge in [-0.25, -0.2) is 0 Å². The highest BCUT2D eigenvalue weighted by Gasteiger charge is 2.21. The van der Waals surface area contributed by atoms with Gasteiger partial charge in [-0.05, 0) is 66.6 Å². The van der Waals surface area contributed by atoms with E-state index < -0.39 is 0 Å². The van der Waals surface area contributed by atoms with Crippen LogP contribution >= 0.6 is 0 Å². The number of hydrogen-bond donors (Lipinski definition) is 1. The molecule has 0 saturated heterocycles. The second-order valence-electron chi connectivity index (χ2n) is 5.93. The van der Waals surface area contributed by atoms with Gasteiger partial charge in [0.1, 0.15) is 5.75 Å². The first-order chi connectivity index (χ1) is 10.2. The van der Waals surface area contributed by atoms with E-state index in [9.17, 15) is 0 Å². The van der Waals surface area contributed by atoms with Crippen LogP contribution in [0.1, 0.15) is 29.5 Å². The number of methoxy groups -OCH3 is 1. The Morgan fingerprint density at radius 2 is 1.90 bits per heavy atom. The Balaban J connectivity index is 2.00. The van der Waals surface area contributed by atoms with Crippen molar-refractivity contribution < 1.29 is 4.74 Å². The third kappa shape index (κ3) is 3.11. The average Bonchev–Trinajstić information content (AvgIpc) is 3.32. The number of aryl methyl sites for hydroxylation is 1. The normalized spacial score (nSPS) is 14.2. The average molecular weight is 281 g/mol. The smallest absolute Gasteiger partial charge is 0.119 e. The van der Waals surface area contributed by atoms with Crippen molar-refractivity contribution in [3.8, 4) is 16.9 Å². The fourth-order valence-corrected chi connectivity index (χ4v) is 2.69. The van der Waals surface area contributed by atoms with Crippen molar-refractivity contribution in [3.05, 3.63) is 53.1 Å². The fourth-order valence-electron chi connectivity index (χ4n) is 2.69. The molecule has 1 saturated carbocycles. The first-order valence-electron chi connectivity index (χ1n) is 7.66. The maximum Gasteiger partial charge on any atom is 0.119 e. The van der Waals surface area contributed by atoms with Crippen LogP contribution in [0, 0.1) is 13.8 Å². The largest absolute Gasteiger partial charge is 0.497 e. The van der Waals surface area contributed by atoms with Crippen LogP contribution in [0.2, 0.25) is 0 Å². The van der Waals surface area contributed by atoms with Gasteiger partial charge in [0.05, 0.1) is 7.11 Å². The van der Waals surface area contributed by atoms with Crippen LogP contribution < -0.4 is 10.1 Å². The van der Waals surface area contributed by atoms with Crippen LogP contribution in [-0.2, 0) is 6.54 Å². The van der Waals surface area contributed by atoms with E-state index in [0.717, 1.165) is 12.3 Å². The Morgan fingerprint density at radius 1 is 1.10 bits per heavy atom. The van der Waals surface area contributed by atoms with E-state index in [0.29, 0.717) is 6.04 Å². The Hall–Kier alpha value is -1.80. The Kier molecular flexibility index (Phi) is 3.98. The Labute approximate surface area is 127 Å². The molecule has 2 aromatic carbocycles. The quantitative estimate of drug-likeness (QED) is 0.885. The zero-order chi connectivity index (χ0) is 14.8. The van der Waals surface area contributed by atoms with E-state index in [1.807, 2.05) is 0 Å². The van der Waals surface area contributed by atoms with Gasteiger partial charge in [0.15, 0.2) is 0 Å². The van der Waals surface area contributed by atoms with Gasteiger partial charge in [-0.2, -0.15) is 0 Å². The van der Waals surface area contributed by atoms with Gasteiger partial charge in [0.25, 0.3) is 0 Å². The zero-order valence-electron chi connectivity index (χ0n) is 13.1. The summed E-state index contributed by atoms with van der Waals surface area (Å²) >= 11 is 0. The van der Waals surface area contributed by atoms with Crippen LogP contribution in [-0.4, -0.2) is 13.2 Å². The van der Waals surface area contributed by atoms with Gasteiger partial charge in [-0.15, -0.1) is 0 Å².